The first-order valence-electron chi connectivity index (χ1n) is 6.83. The van der Waals surface area contributed by atoms with Gasteiger partial charge in [0.1, 0.15) is 14.5 Å². The topological polar surface area (TPSA) is 29.5 Å². The van der Waals surface area contributed by atoms with E-state index in [0.717, 1.165) is 12.8 Å². The molecule has 0 aromatic rings. The van der Waals surface area contributed by atoms with Gasteiger partial charge in [0, 0.05) is 6.42 Å². The van der Waals surface area contributed by atoms with Gasteiger partial charge in [-0.2, -0.15) is 0 Å². The zero-order chi connectivity index (χ0) is 12.9. The predicted octanol–water partition coefficient (Wildman–Crippen LogP) is 3.37. The molecule has 1 atom stereocenters. The van der Waals surface area contributed by atoms with E-state index in [-0.39, 0.29) is 12.2 Å². The Morgan fingerprint density at radius 2 is 1.71 bits per heavy atom. The molecule has 1 unspecified atom stereocenters. The quantitative estimate of drug-likeness (QED) is 0.561. The minimum atomic E-state index is -1.39. The van der Waals surface area contributed by atoms with E-state index >= 15 is 0 Å². The zero-order valence-corrected chi connectivity index (χ0v) is 12.8. The SMILES string of the molecule is CN(C1CCCCCCCC(=O)O1)[Si](C)(C)C. The van der Waals surface area contributed by atoms with Crippen molar-refractivity contribution >= 4 is 14.2 Å². The van der Waals surface area contributed by atoms with Crippen molar-refractivity contribution in [2.24, 2.45) is 0 Å². The molecule has 0 bridgehead atoms. The Morgan fingerprint density at radius 1 is 1.12 bits per heavy atom. The van der Waals surface area contributed by atoms with E-state index in [1.807, 2.05) is 0 Å². The molecule has 0 aromatic carbocycles. The third-order valence-corrected chi connectivity index (χ3v) is 5.99. The average Bonchev–Trinajstić information content (AvgIpc) is 2.24. The van der Waals surface area contributed by atoms with Crippen LogP contribution in [0.15, 0.2) is 0 Å². The molecule has 17 heavy (non-hydrogen) atoms. The second-order valence-corrected chi connectivity index (χ2v) is 11.1. The molecule has 0 spiro atoms. The Bertz CT molecular complexity index is 250. The van der Waals surface area contributed by atoms with Crippen molar-refractivity contribution in [1.82, 2.24) is 4.57 Å². The Morgan fingerprint density at radius 3 is 2.35 bits per heavy atom. The Balaban J connectivity index is 2.61. The summed E-state index contributed by atoms with van der Waals surface area (Å²) in [4.78, 5) is 11.7. The first-order chi connectivity index (χ1) is 7.91. The summed E-state index contributed by atoms with van der Waals surface area (Å²) >= 11 is 0. The maximum Gasteiger partial charge on any atom is 0.307 e. The van der Waals surface area contributed by atoms with E-state index < -0.39 is 8.24 Å². The van der Waals surface area contributed by atoms with Crippen LogP contribution >= 0.6 is 0 Å². The summed E-state index contributed by atoms with van der Waals surface area (Å²) in [5.41, 5.74) is 0. The van der Waals surface area contributed by atoms with Gasteiger partial charge in [0.25, 0.3) is 0 Å². The van der Waals surface area contributed by atoms with E-state index in [2.05, 4.69) is 31.3 Å². The van der Waals surface area contributed by atoms with Crippen molar-refractivity contribution in [3.8, 4) is 0 Å². The van der Waals surface area contributed by atoms with E-state index in [0.29, 0.717) is 6.42 Å². The van der Waals surface area contributed by atoms with Crippen LogP contribution in [0.2, 0.25) is 19.6 Å². The first kappa shape index (κ1) is 14.7. The van der Waals surface area contributed by atoms with E-state index in [9.17, 15) is 4.79 Å². The molecule has 1 rings (SSSR count). The average molecular weight is 257 g/mol. The molecule has 1 heterocycles. The Kier molecular flexibility index (Phi) is 5.66. The third-order valence-electron chi connectivity index (χ3n) is 3.59. The minimum absolute atomic E-state index is 0.00673. The van der Waals surface area contributed by atoms with Crippen molar-refractivity contribution in [3.63, 3.8) is 0 Å². The lowest BCUT2D eigenvalue weighted by Gasteiger charge is -2.37. The molecule has 1 aliphatic rings. The Labute approximate surface area is 107 Å². The van der Waals surface area contributed by atoms with Gasteiger partial charge < -0.3 is 4.74 Å². The number of rotatable bonds is 2. The molecule has 1 fully saturated rings. The molecular weight excluding hydrogens is 230 g/mol. The zero-order valence-electron chi connectivity index (χ0n) is 11.8. The molecule has 100 valence electrons. The van der Waals surface area contributed by atoms with Crippen LogP contribution in [0.3, 0.4) is 0 Å². The summed E-state index contributed by atoms with van der Waals surface area (Å²) in [7, 11) is 0.718. The fourth-order valence-electron chi connectivity index (χ4n) is 2.09. The van der Waals surface area contributed by atoms with Gasteiger partial charge >= 0.3 is 5.97 Å². The van der Waals surface area contributed by atoms with Gasteiger partial charge in [-0.1, -0.05) is 38.9 Å². The summed E-state index contributed by atoms with van der Waals surface area (Å²) in [6.07, 6.45) is 7.46. The normalized spacial score (nSPS) is 24.5. The fourth-order valence-corrected chi connectivity index (χ4v) is 3.14. The number of cyclic esters (lactones) is 1. The van der Waals surface area contributed by atoms with Gasteiger partial charge in [-0.25, -0.2) is 0 Å². The fraction of sp³-hybridized carbons (Fsp3) is 0.923. The highest BCUT2D eigenvalue weighted by Gasteiger charge is 2.29. The highest BCUT2D eigenvalue weighted by molar-refractivity contribution is 6.73. The van der Waals surface area contributed by atoms with Crippen molar-refractivity contribution in [1.29, 1.82) is 0 Å². The van der Waals surface area contributed by atoms with E-state index in [1.54, 1.807) is 0 Å². The number of esters is 1. The van der Waals surface area contributed by atoms with Crippen LogP contribution in [0, 0.1) is 0 Å². The molecule has 0 aliphatic carbocycles. The van der Waals surface area contributed by atoms with Crippen LogP contribution < -0.4 is 0 Å². The molecular formula is C13H27NO2Si. The van der Waals surface area contributed by atoms with Crippen molar-refractivity contribution in [2.45, 2.75) is 70.8 Å². The number of carbonyl (C=O) groups is 1. The molecule has 0 aromatic heterocycles. The molecule has 0 amide bonds. The smallest absolute Gasteiger partial charge is 0.307 e. The maximum atomic E-state index is 11.7. The highest BCUT2D eigenvalue weighted by atomic mass is 28.3. The second kappa shape index (κ2) is 6.54. The number of hydrogen-bond donors (Lipinski definition) is 0. The third kappa shape index (κ3) is 5.21. The molecule has 4 heteroatoms. The summed E-state index contributed by atoms with van der Waals surface area (Å²) in [6.45, 7) is 6.87. The van der Waals surface area contributed by atoms with Crippen molar-refractivity contribution < 1.29 is 9.53 Å². The lowest BCUT2D eigenvalue weighted by Crippen LogP contribution is -2.51. The van der Waals surface area contributed by atoms with Gasteiger partial charge in [-0.05, 0) is 26.3 Å². The minimum Gasteiger partial charge on any atom is -0.447 e. The van der Waals surface area contributed by atoms with Crippen LogP contribution in [0.25, 0.3) is 0 Å². The summed E-state index contributed by atoms with van der Waals surface area (Å²) in [6, 6.07) is 0. The number of nitrogens with zero attached hydrogens (tertiary/aromatic N) is 1. The van der Waals surface area contributed by atoms with Crippen molar-refractivity contribution in [3.05, 3.63) is 0 Å². The van der Waals surface area contributed by atoms with Crippen LogP contribution in [0.1, 0.15) is 44.9 Å². The largest absolute Gasteiger partial charge is 0.447 e. The van der Waals surface area contributed by atoms with Gasteiger partial charge in [-0.3, -0.25) is 9.36 Å². The molecule has 0 radical (unpaired) electrons. The predicted molar refractivity (Wildman–Crippen MR) is 73.3 cm³/mol. The molecule has 0 saturated carbocycles. The number of carbonyl (C=O) groups excluding carboxylic acids is 1. The number of hydrogen-bond acceptors (Lipinski definition) is 3. The van der Waals surface area contributed by atoms with Crippen LogP contribution in [0.4, 0.5) is 0 Å². The Hall–Kier alpha value is -0.353. The second-order valence-electron chi connectivity index (χ2n) is 6.03. The van der Waals surface area contributed by atoms with E-state index in [4.69, 9.17) is 4.74 Å². The van der Waals surface area contributed by atoms with Crippen LogP contribution in [-0.4, -0.2) is 32.0 Å². The molecule has 1 aliphatic heterocycles. The monoisotopic (exact) mass is 257 g/mol. The van der Waals surface area contributed by atoms with Crippen molar-refractivity contribution in [2.75, 3.05) is 7.05 Å². The number of ether oxygens (including phenoxy) is 1. The van der Waals surface area contributed by atoms with Crippen LogP contribution in [-0.2, 0) is 9.53 Å². The molecule has 1 saturated heterocycles. The summed E-state index contributed by atoms with van der Waals surface area (Å²) in [5, 5.41) is 0. The molecule has 0 N–H and O–H groups in total. The highest BCUT2D eigenvalue weighted by Crippen LogP contribution is 2.20. The standard InChI is InChI=1S/C13H27NO2Si/c1-14(17(2,3)4)12-10-8-6-5-7-9-11-13(15)16-12/h12H,5-11H2,1-4H3. The van der Waals surface area contributed by atoms with Gasteiger partial charge in [-0.15, -0.1) is 0 Å². The lowest BCUT2D eigenvalue weighted by atomic mass is 10.1. The van der Waals surface area contributed by atoms with Gasteiger partial charge in [0.05, 0.1) is 0 Å². The first-order valence-corrected chi connectivity index (χ1v) is 10.3. The van der Waals surface area contributed by atoms with Gasteiger partial charge in [0.2, 0.25) is 0 Å². The summed E-state index contributed by atoms with van der Waals surface area (Å²) < 4.78 is 7.95. The van der Waals surface area contributed by atoms with E-state index in [1.165, 1.54) is 25.7 Å². The van der Waals surface area contributed by atoms with Gasteiger partial charge in [0.15, 0.2) is 0 Å². The molecule has 3 nitrogen and oxygen atoms in total. The lowest BCUT2D eigenvalue weighted by molar-refractivity contribution is -0.155. The van der Waals surface area contributed by atoms with Crippen LogP contribution in [0.5, 0.6) is 0 Å². The maximum absolute atomic E-state index is 11.7. The summed E-state index contributed by atoms with van der Waals surface area (Å²) in [5.74, 6) is -0.0120.